The minimum atomic E-state index is -0.206. The zero-order valence-corrected chi connectivity index (χ0v) is 18.6. The monoisotopic (exact) mass is 414 g/mol. The SMILES string of the molecule is CC(C)COc1ccc(C2=C(N3CCCC3)C(=O)N(CCCOC(C)C)C2=O)cc1. The summed E-state index contributed by atoms with van der Waals surface area (Å²) in [4.78, 5) is 29.9. The van der Waals surface area contributed by atoms with Gasteiger partial charge in [0.25, 0.3) is 11.8 Å². The molecule has 0 radical (unpaired) electrons. The molecule has 2 amide bonds. The molecule has 0 unspecified atom stereocenters. The largest absolute Gasteiger partial charge is 0.493 e. The summed E-state index contributed by atoms with van der Waals surface area (Å²) >= 11 is 0. The van der Waals surface area contributed by atoms with Gasteiger partial charge in [-0.15, -0.1) is 0 Å². The van der Waals surface area contributed by atoms with E-state index in [2.05, 4.69) is 18.7 Å². The van der Waals surface area contributed by atoms with Gasteiger partial charge in [0.1, 0.15) is 11.4 Å². The quantitative estimate of drug-likeness (QED) is 0.431. The van der Waals surface area contributed by atoms with Gasteiger partial charge in [0.15, 0.2) is 0 Å². The number of benzene rings is 1. The van der Waals surface area contributed by atoms with E-state index in [4.69, 9.17) is 9.47 Å². The molecular formula is C24H34N2O4. The van der Waals surface area contributed by atoms with E-state index in [1.54, 1.807) is 0 Å². The lowest BCUT2D eigenvalue weighted by Crippen LogP contribution is -2.35. The molecule has 1 aromatic rings. The van der Waals surface area contributed by atoms with Crippen LogP contribution in [-0.4, -0.2) is 60.6 Å². The lowest BCUT2D eigenvalue weighted by Gasteiger charge is -2.20. The van der Waals surface area contributed by atoms with Crippen LogP contribution in [0.2, 0.25) is 0 Å². The Balaban J connectivity index is 1.80. The first-order valence-electron chi connectivity index (χ1n) is 11.1. The molecule has 0 spiro atoms. The fraction of sp³-hybridized carbons (Fsp3) is 0.583. The molecule has 1 saturated heterocycles. The highest BCUT2D eigenvalue weighted by Gasteiger charge is 2.41. The first-order chi connectivity index (χ1) is 14.4. The van der Waals surface area contributed by atoms with Gasteiger partial charge in [-0.3, -0.25) is 14.5 Å². The maximum Gasteiger partial charge on any atom is 0.277 e. The lowest BCUT2D eigenvalue weighted by molar-refractivity contribution is -0.137. The van der Waals surface area contributed by atoms with E-state index in [-0.39, 0.29) is 17.9 Å². The minimum absolute atomic E-state index is 0.139. The van der Waals surface area contributed by atoms with E-state index in [1.165, 1.54) is 4.90 Å². The zero-order chi connectivity index (χ0) is 21.7. The Kier molecular flexibility index (Phi) is 7.53. The second-order valence-corrected chi connectivity index (χ2v) is 8.68. The van der Waals surface area contributed by atoms with Gasteiger partial charge in [0, 0.05) is 26.2 Å². The number of rotatable bonds is 10. The van der Waals surface area contributed by atoms with Crippen molar-refractivity contribution in [1.29, 1.82) is 0 Å². The number of likely N-dealkylation sites (tertiary alicyclic amines) is 1. The van der Waals surface area contributed by atoms with Crippen LogP contribution in [0.3, 0.4) is 0 Å². The molecule has 2 aliphatic heterocycles. The van der Waals surface area contributed by atoms with E-state index >= 15 is 0 Å². The summed E-state index contributed by atoms with van der Waals surface area (Å²) in [6.45, 7) is 11.3. The minimum Gasteiger partial charge on any atom is -0.493 e. The van der Waals surface area contributed by atoms with Crippen LogP contribution in [-0.2, 0) is 14.3 Å². The molecule has 0 aliphatic carbocycles. The molecule has 2 heterocycles. The third-order valence-electron chi connectivity index (χ3n) is 5.27. The molecule has 0 bridgehead atoms. The normalized spacial score (nSPS) is 17.3. The molecule has 6 nitrogen and oxygen atoms in total. The number of hydrogen-bond donors (Lipinski definition) is 0. The van der Waals surface area contributed by atoms with Crippen LogP contribution in [0.15, 0.2) is 30.0 Å². The second kappa shape index (κ2) is 10.1. The fourth-order valence-electron chi connectivity index (χ4n) is 3.78. The van der Waals surface area contributed by atoms with Gasteiger partial charge in [0.05, 0.1) is 18.3 Å². The van der Waals surface area contributed by atoms with Crippen LogP contribution >= 0.6 is 0 Å². The Morgan fingerprint density at radius 2 is 1.63 bits per heavy atom. The molecule has 1 aromatic carbocycles. The summed E-state index contributed by atoms with van der Waals surface area (Å²) in [5.74, 6) is 0.829. The molecule has 2 aliphatic rings. The van der Waals surface area contributed by atoms with Crippen molar-refractivity contribution in [3.63, 3.8) is 0 Å². The zero-order valence-electron chi connectivity index (χ0n) is 18.6. The van der Waals surface area contributed by atoms with Crippen molar-refractivity contribution in [1.82, 2.24) is 9.80 Å². The Labute approximate surface area is 179 Å². The van der Waals surface area contributed by atoms with Crippen molar-refractivity contribution in [2.75, 3.05) is 32.8 Å². The van der Waals surface area contributed by atoms with Crippen molar-refractivity contribution >= 4 is 17.4 Å². The van der Waals surface area contributed by atoms with Crippen LogP contribution in [0.4, 0.5) is 0 Å². The topological polar surface area (TPSA) is 59.1 Å². The van der Waals surface area contributed by atoms with E-state index < -0.39 is 0 Å². The molecule has 0 N–H and O–H groups in total. The van der Waals surface area contributed by atoms with E-state index in [9.17, 15) is 9.59 Å². The maximum absolute atomic E-state index is 13.3. The molecule has 3 rings (SSSR count). The predicted molar refractivity (Wildman–Crippen MR) is 117 cm³/mol. The average molecular weight is 415 g/mol. The molecule has 0 saturated carbocycles. The van der Waals surface area contributed by atoms with Crippen LogP contribution < -0.4 is 4.74 Å². The second-order valence-electron chi connectivity index (χ2n) is 8.68. The molecule has 6 heteroatoms. The number of carbonyl (C=O) groups is 2. The van der Waals surface area contributed by atoms with E-state index in [0.717, 1.165) is 37.2 Å². The molecule has 164 valence electrons. The van der Waals surface area contributed by atoms with E-state index in [0.29, 0.717) is 43.4 Å². The number of hydrogen-bond acceptors (Lipinski definition) is 5. The summed E-state index contributed by atoms with van der Waals surface area (Å²) in [5, 5.41) is 0. The van der Waals surface area contributed by atoms with Gasteiger partial charge < -0.3 is 14.4 Å². The van der Waals surface area contributed by atoms with Crippen LogP contribution in [0.5, 0.6) is 5.75 Å². The smallest absolute Gasteiger partial charge is 0.277 e. The lowest BCUT2D eigenvalue weighted by atomic mass is 10.0. The highest BCUT2D eigenvalue weighted by Crippen LogP contribution is 2.34. The molecule has 1 fully saturated rings. The highest BCUT2D eigenvalue weighted by molar-refractivity contribution is 6.35. The van der Waals surface area contributed by atoms with Crippen molar-refractivity contribution in [2.45, 2.75) is 53.1 Å². The number of amides is 2. The molecule has 0 aromatic heterocycles. The van der Waals surface area contributed by atoms with Gasteiger partial charge >= 0.3 is 0 Å². The first kappa shape index (κ1) is 22.3. The Hall–Kier alpha value is -2.34. The van der Waals surface area contributed by atoms with Crippen molar-refractivity contribution in [2.24, 2.45) is 5.92 Å². The summed E-state index contributed by atoms with van der Waals surface area (Å²) in [6.07, 6.45) is 2.86. The van der Waals surface area contributed by atoms with E-state index in [1.807, 2.05) is 38.1 Å². The number of imide groups is 1. The van der Waals surface area contributed by atoms with Gasteiger partial charge in [-0.25, -0.2) is 0 Å². The fourth-order valence-corrected chi connectivity index (χ4v) is 3.78. The van der Waals surface area contributed by atoms with Gasteiger partial charge in [-0.2, -0.15) is 0 Å². The number of ether oxygens (including phenoxy) is 2. The molecule has 0 atom stereocenters. The van der Waals surface area contributed by atoms with Crippen LogP contribution in [0.1, 0.15) is 52.5 Å². The Morgan fingerprint density at radius 3 is 2.23 bits per heavy atom. The third-order valence-corrected chi connectivity index (χ3v) is 5.27. The summed E-state index contributed by atoms with van der Waals surface area (Å²) in [6, 6.07) is 7.53. The van der Waals surface area contributed by atoms with Crippen molar-refractivity contribution in [3.8, 4) is 5.75 Å². The maximum atomic E-state index is 13.3. The summed E-state index contributed by atoms with van der Waals surface area (Å²) in [5.41, 5.74) is 1.84. The van der Waals surface area contributed by atoms with Gasteiger partial charge in [0.2, 0.25) is 0 Å². The van der Waals surface area contributed by atoms with Crippen molar-refractivity contribution in [3.05, 3.63) is 35.5 Å². The van der Waals surface area contributed by atoms with Gasteiger partial charge in [-0.05, 0) is 56.7 Å². The first-order valence-corrected chi connectivity index (χ1v) is 11.1. The highest BCUT2D eigenvalue weighted by atomic mass is 16.5. The summed E-state index contributed by atoms with van der Waals surface area (Å²) in [7, 11) is 0. The number of nitrogens with zero attached hydrogens (tertiary/aromatic N) is 2. The average Bonchev–Trinajstić information content (AvgIpc) is 3.31. The van der Waals surface area contributed by atoms with Gasteiger partial charge in [-0.1, -0.05) is 26.0 Å². The standard InChI is InChI=1S/C24H34N2O4/c1-17(2)16-30-20-10-8-19(9-11-20)21-22(25-12-5-6-13-25)24(28)26(23(21)27)14-7-15-29-18(3)4/h8-11,17-18H,5-7,12-16H2,1-4H3. The van der Waals surface area contributed by atoms with Crippen LogP contribution in [0.25, 0.3) is 5.57 Å². The predicted octanol–water partition coefficient (Wildman–Crippen LogP) is 3.71. The molecular weight excluding hydrogens is 380 g/mol. The molecule has 30 heavy (non-hydrogen) atoms. The Morgan fingerprint density at radius 1 is 0.967 bits per heavy atom. The van der Waals surface area contributed by atoms with Crippen LogP contribution in [0, 0.1) is 5.92 Å². The third kappa shape index (κ3) is 5.22. The Bertz CT molecular complexity index is 777. The number of carbonyl (C=O) groups excluding carboxylic acids is 2. The summed E-state index contributed by atoms with van der Waals surface area (Å²) < 4.78 is 11.3. The van der Waals surface area contributed by atoms with Crippen molar-refractivity contribution < 1.29 is 19.1 Å².